The maximum Gasteiger partial charge on any atom is 0.284 e. The quantitative estimate of drug-likeness (QED) is 0.730. The van der Waals surface area contributed by atoms with Crippen molar-refractivity contribution in [3.05, 3.63) is 40.4 Å². The van der Waals surface area contributed by atoms with Crippen LogP contribution in [0.4, 0.5) is 10.8 Å². The van der Waals surface area contributed by atoms with Crippen LogP contribution in [-0.4, -0.2) is 32.1 Å². The number of aryl methyl sites for hydroxylation is 1. The second-order valence-electron chi connectivity index (χ2n) is 8.31. The van der Waals surface area contributed by atoms with Crippen LogP contribution < -0.4 is 9.62 Å². The van der Waals surface area contributed by atoms with Crippen LogP contribution in [-0.2, 0) is 10.0 Å². The molecule has 0 spiro atoms. The van der Waals surface area contributed by atoms with Gasteiger partial charge in [0.1, 0.15) is 5.69 Å². The van der Waals surface area contributed by atoms with Gasteiger partial charge in [-0.1, -0.05) is 6.42 Å². The Bertz CT molecular complexity index is 1100. The molecule has 9 heteroatoms. The number of nitriles is 1. The van der Waals surface area contributed by atoms with Crippen LogP contribution in [0.15, 0.2) is 24.3 Å². The van der Waals surface area contributed by atoms with Gasteiger partial charge in [0.05, 0.1) is 17.9 Å². The van der Waals surface area contributed by atoms with Crippen molar-refractivity contribution in [2.24, 2.45) is 17.8 Å². The summed E-state index contributed by atoms with van der Waals surface area (Å²) in [4.78, 5) is 19.7. The molecule has 2 fully saturated rings. The van der Waals surface area contributed by atoms with Crippen molar-refractivity contribution in [1.29, 1.82) is 5.26 Å². The number of hydrogen-bond donors (Lipinski definition) is 1. The summed E-state index contributed by atoms with van der Waals surface area (Å²) >= 11 is 1.38. The molecule has 0 saturated heterocycles. The van der Waals surface area contributed by atoms with Crippen molar-refractivity contribution in [1.82, 2.24) is 9.71 Å². The molecule has 1 heterocycles. The Labute approximate surface area is 180 Å². The van der Waals surface area contributed by atoms with Gasteiger partial charge in [0, 0.05) is 17.1 Å². The SMILES string of the molecule is Cc1sc(N(CC2CC3CCC2C3)c2ccc(C#N)cc2)nc1C(=O)NS(C)(=O)=O. The van der Waals surface area contributed by atoms with E-state index in [0.717, 1.165) is 30.3 Å². The molecule has 1 N–H and O–H groups in total. The normalized spacial score (nSPS) is 22.6. The number of carbonyl (C=O) groups is 1. The van der Waals surface area contributed by atoms with Crippen LogP contribution in [0.3, 0.4) is 0 Å². The molecule has 7 nitrogen and oxygen atoms in total. The van der Waals surface area contributed by atoms with E-state index in [0.29, 0.717) is 21.5 Å². The van der Waals surface area contributed by atoms with E-state index < -0.39 is 15.9 Å². The standard InChI is InChI=1S/C21H24N4O3S2/c1-13-19(20(26)24-30(2,27)28)23-21(29-13)25(18-7-4-14(11-22)5-8-18)12-17-10-15-3-6-16(17)9-15/h4-5,7-8,15-17H,3,6,9-10,12H2,1-2H3,(H,24,26). The Kier molecular flexibility index (Phi) is 5.55. The molecule has 1 amide bonds. The van der Waals surface area contributed by atoms with Gasteiger partial charge in [-0.2, -0.15) is 5.26 Å². The van der Waals surface area contributed by atoms with Crippen molar-refractivity contribution in [2.45, 2.75) is 32.6 Å². The molecule has 2 aromatic rings. The maximum absolute atomic E-state index is 12.4. The lowest BCUT2D eigenvalue weighted by molar-refractivity contribution is 0.0977. The molecule has 158 valence electrons. The van der Waals surface area contributed by atoms with Gasteiger partial charge in [-0.05, 0) is 68.2 Å². The molecule has 1 aromatic heterocycles. The topological polar surface area (TPSA) is 103 Å². The predicted molar refractivity (Wildman–Crippen MR) is 116 cm³/mol. The van der Waals surface area contributed by atoms with Gasteiger partial charge in [-0.25, -0.2) is 18.1 Å². The highest BCUT2D eigenvalue weighted by atomic mass is 32.2. The van der Waals surface area contributed by atoms with E-state index in [1.807, 2.05) is 16.9 Å². The van der Waals surface area contributed by atoms with Crippen LogP contribution in [0.2, 0.25) is 0 Å². The van der Waals surface area contributed by atoms with E-state index in [-0.39, 0.29) is 5.69 Å². The van der Waals surface area contributed by atoms with Gasteiger partial charge in [0.25, 0.3) is 5.91 Å². The van der Waals surface area contributed by atoms with Gasteiger partial charge in [0.2, 0.25) is 10.0 Å². The molecular weight excluding hydrogens is 420 g/mol. The van der Waals surface area contributed by atoms with Crippen molar-refractivity contribution in [2.75, 3.05) is 17.7 Å². The van der Waals surface area contributed by atoms with E-state index in [2.05, 4.69) is 16.0 Å². The first-order valence-electron chi connectivity index (χ1n) is 10.0. The van der Waals surface area contributed by atoms with Gasteiger partial charge in [-0.3, -0.25) is 4.79 Å². The lowest BCUT2D eigenvalue weighted by Gasteiger charge is -2.30. The summed E-state index contributed by atoms with van der Waals surface area (Å²) in [6.45, 7) is 2.57. The number of fused-ring (bicyclic) bond motifs is 2. The fraction of sp³-hybridized carbons (Fsp3) is 0.476. The monoisotopic (exact) mass is 444 g/mol. The molecule has 3 unspecified atom stereocenters. The molecule has 3 atom stereocenters. The van der Waals surface area contributed by atoms with Crippen LogP contribution in [0.1, 0.15) is 46.6 Å². The Balaban J connectivity index is 1.66. The number of hydrogen-bond acceptors (Lipinski definition) is 7. The smallest absolute Gasteiger partial charge is 0.284 e. The summed E-state index contributed by atoms with van der Waals surface area (Å²) in [5.74, 6) is 1.40. The zero-order chi connectivity index (χ0) is 21.5. The molecule has 2 bridgehead atoms. The third-order valence-corrected chi connectivity index (χ3v) is 7.67. The Morgan fingerprint density at radius 2 is 2.03 bits per heavy atom. The zero-order valence-corrected chi connectivity index (χ0v) is 18.6. The molecule has 30 heavy (non-hydrogen) atoms. The molecule has 2 saturated carbocycles. The number of benzene rings is 1. The Hall–Kier alpha value is -2.44. The van der Waals surface area contributed by atoms with Crippen molar-refractivity contribution >= 4 is 38.1 Å². The average Bonchev–Trinajstić information content (AvgIpc) is 3.40. The second kappa shape index (κ2) is 8.00. The minimum absolute atomic E-state index is 0.131. The van der Waals surface area contributed by atoms with E-state index in [1.165, 1.54) is 37.0 Å². The number of anilines is 2. The number of carbonyl (C=O) groups excluding carboxylic acids is 1. The molecule has 0 radical (unpaired) electrons. The van der Waals surface area contributed by atoms with Gasteiger partial charge in [0.15, 0.2) is 5.13 Å². The summed E-state index contributed by atoms with van der Waals surface area (Å²) in [5.41, 5.74) is 1.63. The lowest BCUT2D eigenvalue weighted by atomic mass is 9.88. The fourth-order valence-corrected chi connectivity index (χ4v) is 6.14. The number of amides is 1. The van der Waals surface area contributed by atoms with E-state index in [9.17, 15) is 13.2 Å². The minimum atomic E-state index is -3.66. The second-order valence-corrected chi connectivity index (χ2v) is 11.2. The highest BCUT2D eigenvalue weighted by molar-refractivity contribution is 7.89. The summed E-state index contributed by atoms with van der Waals surface area (Å²) in [7, 11) is -3.66. The van der Waals surface area contributed by atoms with Crippen molar-refractivity contribution in [3.63, 3.8) is 0 Å². The largest absolute Gasteiger partial charge is 0.318 e. The maximum atomic E-state index is 12.4. The number of sulfonamides is 1. The van der Waals surface area contributed by atoms with Crippen LogP contribution >= 0.6 is 11.3 Å². The first-order valence-corrected chi connectivity index (χ1v) is 12.7. The Morgan fingerprint density at radius 3 is 2.60 bits per heavy atom. The minimum Gasteiger partial charge on any atom is -0.318 e. The molecule has 1 aromatic carbocycles. The summed E-state index contributed by atoms with van der Waals surface area (Å²) in [6.07, 6.45) is 6.05. The molecule has 0 aliphatic heterocycles. The summed E-state index contributed by atoms with van der Waals surface area (Å²) in [6, 6.07) is 9.50. The molecule has 2 aliphatic carbocycles. The van der Waals surface area contributed by atoms with Crippen molar-refractivity contribution < 1.29 is 13.2 Å². The summed E-state index contributed by atoms with van der Waals surface area (Å²) < 4.78 is 24.9. The average molecular weight is 445 g/mol. The molecular formula is C21H24N4O3S2. The predicted octanol–water partition coefficient (Wildman–Crippen LogP) is 3.59. The Morgan fingerprint density at radius 1 is 1.30 bits per heavy atom. The van der Waals surface area contributed by atoms with E-state index >= 15 is 0 Å². The first kappa shape index (κ1) is 20.8. The van der Waals surface area contributed by atoms with Crippen LogP contribution in [0, 0.1) is 36.0 Å². The summed E-state index contributed by atoms with van der Waals surface area (Å²) in [5, 5.41) is 9.78. The van der Waals surface area contributed by atoms with Gasteiger partial charge >= 0.3 is 0 Å². The number of nitrogens with zero attached hydrogens (tertiary/aromatic N) is 3. The lowest BCUT2D eigenvalue weighted by Crippen LogP contribution is -2.30. The number of aromatic nitrogens is 1. The van der Waals surface area contributed by atoms with Gasteiger partial charge < -0.3 is 4.90 Å². The first-order chi connectivity index (χ1) is 14.2. The third-order valence-electron chi connectivity index (χ3n) is 6.12. The van der Waals surface area contributed by atoms with Gasteiger partial charge in [-0.15, -0.1) is 11.3 Å². The van der Waals surface area contributed by atoms with Crippen molar-refractivity contribution in [3.8, 4) is 6.07 Å². The molecule has 4 rings (SSSR count). The third kappa shape index (κ3) is 4.35. The van der Waals surface area contributed by atoms with Crippen LogP contribution in [0.25, 0.3) is 0 Å². The molecule has 2 aliphatic rings. The highest BCUT2D eigenvalue weighted by Crippen LogP contribution is 2.49. The van der Waals surface area contributed by atoms with E-state index in [4.69, 9.17) is 5.26 Å². The van der Waals surface area contributed by atoms with Crippen LogP contribution in [0.5, 0.6) is 0 Å². The number of thiazole rings is 1. The fourth-order valence-electron chi connectivity index (χ4n) is 4.77. The number of rotatable bonds is 6. The van der Waals surface area contributed by atoms with E-state index in [1.54, 1.807) is 19.1 Å². The zero-order valence-electron chi connectivity index (χ0n) is 17.0. The number of nitrogens with one attached hydrogen (secondary N) is 1. The highest BCUT2D eigenvalue weighted by Gasteiger charge is 2.40.